The zero-order chi connectivity index (χ0) is 38.6. The van der Waals surface area contributed by atoms with Crippen molar-refractivity contribution in [3.8, 4) is 0 Å². The number of aliphatic hydroxyl groups is 1. The number of morpholine rings is 1. The summed E-state index contributed by atoms with van der Waals surface area (Å²) in [6.07, 6.45) is -9.37. The van der Waals surface area contributed by atoms with Gasteiger partial charge in [0.1, 0.15) is 18.1 Å². The van der Waals surface area contributed by atoms with Gasteiger partial charge in [0.05, 0.1) is 19.3 Å². The first-order valence-corrected chi connectivity index (χ1v) is 16.7. The Hall–Kier alpha value is -5.03. The minimum absolute atomic E-state index is 0.0574. The standard InChI is InChI=1S/C35H45F3N6O8/c1-20(2)28(43-31(48)23-9-11-24(12-10-23)34(51)44-15-17-52-18-16-44)33(50)42-26(19-22-7-5-4-6-8-22)32(49)40-21(3)30(47)41-25(13-14-27(39)45)29(46)35(36,37)38/h4-12,20-21,25-26,28-29,46H,13-19H2,1-3H3,(H2,39,45)(H,40,49)(H,41,47)(H,42,50)(H,43,48). The first kappa shape index (κ1) is 41.4. The maximum atomic E-state index is 13.6. The van der Waals surface area contributed by atoms with Crippen molar-refractivity contribution in [2.24, 2.45) is 11.7 Å². The lowest BCUT2D eigenvalue weighted by molar-refractivity contribution is -0.212. The van der Waals surface area contributed by atoms with Gasteiger partial charge in [-0.1, -0.05) is 44.2 Å². The van der Waals surface area contributed by atoms with E-state index in [1.165, 1.54) is 31.2 Å². The molecule has 3 rings (SSSR count). The van der Waals surface area contributed by atoms with Crippen LogP contribution in [-0.4, -0.2) is 108 Å². The number of nitrogens with two attached hydrogens (primary N) is 1. The Bertz CT molecular complexity index is 1550. The molecule has 14 nitrogen and oxygen atoms in total. The largest absolute Gasteiger partial charge is 0.416 e. The molecule has 5 unspecified atom stereocenters. The van der Waals surface area contributed by atoms with E-state index in [2.05, 4.69) is 16.0 Å². The van der Waals surface area contributed by atoms with Crippen molar-refractivity contribution in [1.29, 1.82) is 0 Å². The molecule has 0 saturated carbocycles. The molecule has 1 aliphatic heterocycles. The number of nitrogens with zero attached hydrogens (tertiary/aromatic N) is 1. The summed E-state index contributed by atoms with van der Waals surface area (Å²) in [7, 11) is 0. The van der Waals surface area contributed by atoms with Crippen molar-refractivity contribution < 1.29 is 51.8 Å². The van der Waals surface area contributed by atoms with Crippen molar-refractivity contribution in [3.63, 3.8) is 0 Å². The van der Waals surface area contributed by atoms with Crippen LogP contribution in [0.15, 0.2) is 54.6 Å². The van der Waals surface area contributed by atoms with Crippen molar-refractivity contribution in [3.05, 3.63) is 71.3 Å². The van der Waals surface area contributed by atoms with E-state index in [0.29, 0.717) is 37.4 Å². The molecule has 0 aliphatic carbocycles. The van der Waals surface area contributed by atoms with Crippen molar-refractivity contribution in [2.45, 2.75) is 76.5 Å². The molecule has 52 heavy (non-hydrogen) atoms. The highest BCUT2D eigenvalue weighted by Gasteiger charge is 2.44. The number of hydrogen-bond donors (Lipinski definition) is 6. The third-order valence-electron chi connectivity index (χ3n) is 8.34. The molecule has 1 fully saturated rings. The molecule has 0 radical (unpaired) electrons. The average Bonchev–Trinajstić information content (AvgIpc) is 3.11. The Kier molecular flexibility index (Phi) is 15.1. The minimum atomic E-state index is -5.12. The summed E-state index contributed by atoms with van der Waals surface area (Å²) in [5.41, 5.74) is 6.22. The van der Waals surface area contributed by atoms with Gasteiger partial charge in [0.15, 0.2) is 6.10 Å². The predicted molar refractivity (Wildman–Crippen MR) is 181 cm³/mol. The van der Waals surface area contributed by atoms with Crippen LogP contribution < -0.4 is 27.0 Å². The lowest BCUT2D eigenvalue weighted by atomic mass is 10.00. The fraction of sp³-hybridized carbons (Fsp3) is 0.486. The number of nitrogens with one attached hydrogen (secondary N) is 4. The van der Waals surface area contributed by atoms with Gasteiger partial charge in [0.2, 0.25) is 23.6 Å². The maximum Gasteiger partial charge on any atom is 0.416 e. The van der Waals surface area contributed by atoms with Crippen LogP contribution in [0.3, 0.4) is 0 Å². The second-order valence-corrected chi connectivity index (χ2v) is 12.8. The van der Waals surface area contributed by atoms with Gasteiger partial charge in [-0.2, -0.15) is 13.2 Å². The highest BCUT2D eigenvalue weighted by molar-refractivity contribution is 6.00. The summed E-state index contributed by atoms with van der Waals surface area (Å²) in [6, 6.07) is 8.66. The first-order valence-electron chi connectivity index (χ1n) is 16.7. The quantitative estimate of drug-likeness (QED) is 0.145. The Morgan fingerprint density at radius 1 is 0.827 bits per heavy atom. The molecule has 284 valence electrons. The maximum absolute atomic E-state index is 13.6. The van der Waals surface area contributed by atoms with Crippen molar-refractivity contribution in [1.82, 2.24) is 26.2 Å². The molecule has 2 aromatic rings. The molecule has 0 aromatic heterocycles. The molecular weight excluding hydrogens is 689 g/mol. The number of carbonyl (C=O) groups is 6. The highest BCUT2D eigenvalue weighted by atomic mass is 19.4. The van der Waals surface area contributed by atoms with Gasteiger partial charge in [-0.3, -0.25) is 28.8 Å². The van der Waals surface area contributed by atoms with Crippen LogP contribution in [0, 0.1) is 5.92 Å². The molecule has 2 aromatic carbocycles. The summed E-state index contributed by atoms with van der Waals surface area (Å²) in [5.74, 6) is -4.91. The van der Waals surface area contributed by atoms with E-state index in [9.17, 15) is 47.0 Å². The Labute approximate surface area is 299 Å². The van der Waals surface area contributed by atoms with Gasteiger partial charge < -0.3 is 41.7 Å². The molecule has 1 aliphatic rings. The number of ether oxygens (including phenoxy) is 1. The summed E-state index contributed by atoms with van der Waals surface area (Å²) in [4.78, 5) is 78.8. The second-order valence-electron chi connectivity index (χ2n) is 12.8. The van der Waals surface area contributed by atoms with E-state index in [4.69, 9.17) is 10.5 Å². The van der Waals surface area contributed by atoms with Crippen LogP contribution >= 0.6 is 0 Å². The number of carbonyl (C=O) groups excluding carboxylic acids is 6. The number of alkyl halides is 3. The van der Waals surface area contributed by atoms with E-state index in [0.717, 1.165) is 0 Å². The molecule has 0 spiro atoms. The molecular formula is C35H45F3N6O8. The third kappa shape index (κ3) is 12.3. The van der Waals surface area contributed by atoms with Gasteiger partial charge in [0.25, 0.3) is 11.8 Å². The highest BCUT2D eigenvalue weighted by Crippen LogP contribution is 2.24. The van der Waals surface area contributed by atoms with Gasteiger partial charge in [-0.05, 0) is 49.1 Å². The Morgan fingerprint density at radius 3 is 1.98 bits per heavy atom. The lowest BCUT2D eigenvalue weighted by Crippen LogP contribution is -2.59. The van der Waals surface area contributed by atoms with Crippen LogP contribution in [0.5, 0.6) is 0 Å². The number of hydrogen-bond acceptors (Lipinski definition) is 8. The van der Waals surface area contributed by atoms with E-state index < -0.39 is 84.7 Å². The van der Waals surface area contributed by atoms with Gasteiger partial charge in [-0.15, -0.1) is 0 Å². The predicted octanol–water partition coefficient (Wildman–Crippen LogP) is 0.819. The number of rotatable bonds is 16. The number of aliphatic hydroxyl groups excluding tert-OH is 1. The SMILES string of the molecule is CC(NC(=O)C(Cc1ccccc1)NC(=O)C(NC(=O)c1ccc(C(=O)N2CCOCC2)cc1)C(C)C)C(=O)NC(CCC(N)=O)C(O)C(F)(F)F. The van der Waals surface area contributed by atoms with Crippen LogP contribution in [0.1, 0.15) is 59.9 Å². The molecule has 6 amide bonds. The number of primary amides is 1. The fourth-order valence-corrected chi connectivity index (χ4v) is 5.32. The lowest BCUT2D eigenvalue weighted by Gasteiger charge is -2.28. The topological polar surface area (TPSA) is 209 Å². The summed E-state index contributed by atoms with van der Waals surface area (Å²) >= 11 is 0. The zero-order valence-corrected chi connectivity index (χ0v) is 29.1. The van der Waals surface area contributed by atoms with E-state index in [-0.39, 0.29) is 17.9 Å². The molecule has 17 heteroatoms. The Balaban J connectivity index is 1.72. The first-order chi connectivity index (χ1) is 24.5. The minimum Gasteiger partial charge on any atom is -0.382 e. The van der Waals surface area contributed by atoms with E-state index in [1.54, 1.807) is 49.1 Å². The molecule has 0 bridgehead atoms. The number of amides is 6. The average molecular weight is 735 g/mol. The normalized spacial score (nSPS) is 16.1. The summed E-state index contributed by atoms with van der Waals surface area (Å²) in [6.45, 7) is 6.32. The fourth-order valence-electron chi connectivity index (χ4n) is 5.32. The van der Waals surface area contributed by atoms with Crippen LogP contribution in [0.25, 0.3) is 0 Å². The van der Waals surface area contributed by atoms with Crippen LogP contribution in [-0.2, 0) is 30.3 Å². The molecule has 1 saturated heterocycles. The van der Waals surface area contributed by atoms with Crippen LogP contribution in [0.2, 0.25) is 0 Å². The summed E-state index contributed by atoms with van der Waals surface area (Å²) in [5, 5.41) is 19.5. The van der Waals surface area contributed by atoms with Gasteiger partial charge in [-0.25, -0.2) is 0 Å². The molecule has 1 heterocycles. The Morgan fingerprint density at radius 2 is 1.42 bits per heavy atom. The monoisotopic (exact) mass is 734 g/mol. The number of halogens is 3. The molecule has 7 N–H and O–H groups in total. The van der Waals surface area contributed by atoms with E-state index >= 15 is 0 Å². The van der Waals surface area contributed by atoms with Crippen molar-refractivity contribution in [2.75, 3.05) is 26.3 Å². The second kappa shape index (κ2) is 19.0. The zero-order valence-electron chi connectivity index (χ0n) is 29.1. The van der Waals surface area contributed by atoms with Crippen molar-refractivity contribution >= 4 is 35.4 Å². The van der Waals surface area contributed by atoms with Crippen LogP contribution in [0.4, 0.5) is 13.2 Å². The van der Waals surface area contributed by atoms with E-state index in [1.807, 2.05) is 5.32 Å². The summed E-state index contributed by atoms with van der Waals surface area (Å²) < 4.78 is 45.0. The smallest absolute Gasteiger partial charge is 0.382 e. The third-order valence-corrected chi connectivity index (χ3v) is 8.34. The van der Waals surface area contributed by atoms with Gasteiger partial charge >= 0.3 is 6.18 Å². The molecule has 5 atom stereocenters. The van der Waals surface area contributed by atoms with Gasteiger partial charge in [0, 0.05) is 37.1 Å². The number of benzene rings is 2.